The summed E-state index contributed by atoms with van der Waals surface area (Å²) >= 11 is 0. The SMILES string of the molecule is CC(C(=O)O)c1cccc(NC(=O)CCc2nc(C3CCCC3)no2)c1. The highest BCUT2D eigenvalue weighted by Crippen LogP contribution is 2.32. The van der Waals surface area contributed by atoms with Gasteiger partial charge in [0.15, 0.2) is 5.82 Å². The van der Waals surface area contributed by atoms with Gasteiger partial charge < -0.3 is 14.9 Å². The van der Waals surface area contributed by atoms with Gasteiger partial charge in [-0.15, -0.1) is 0 Å². The minimum absolute atomic E-state index is 0.175. The molecule has 1 aromatic carbocycles. The zero-order chi connectivity index (χ0) is 18.5. The first-order chi connectivity index (χ1) is 12.5. The van der Waals surface area contributed by atoms with E-state index in [9.17, 15) is 9.59 Å². The lowest BCUT2D eigenvalue weighted by atomic mass is 10.0. The molecule has 1 amide bonds. The molecule has 1 saturated carbocycles. The Morgan fingerprint density at radius 1 is 1.35 bits per heavy atom. The summed E-state index contributed by atoms with van der Waals surface area (Å²) in [5.74, 6) is -0.0724. The molecule has 1 unspecified atom stereocenters. The van der Waals surface area contributed by atoms with Gasteiger partial charge in [0.1, 0.15) is 0 Å². The molecule has 1 fully saturated rings. The molecule has 2 N–H and O–H groups in total. The van der Waals surface area contributed by atoms with Gasteiger partial charge in [-0.2, -0.15) is 4.98 Å². The molecule has 0 radical (unpaired) electrons. The van der Waals surface area contributed by atoms with E-state index in [1.807, 2.05) is 0 Å². The molecule has 0 bridgehead atoms. The van der Waals surface area contributed by atoms with Crippen LogP contribution in [0.3, 0.4) is 0 Å². The molecule has 1 atom stereocenters. The lowest BCUT2D eigenvalue weighted by Crippen LogP contribution is -2.13. The molecule has 1 heterocycles. The Balaban J connectivity index is 1.53. The van der Waals surface area contributed by atoms with Crippen molar-refractivity contribution in [1.82, 2.24) is 10.1 Å². The molecule has 3 rings (SSSR count). The maximum atomic E-state index is 12.1. The van der Waals surface area contributed by atoms with E-state index in [4.69, 9.17) is 9.63 Å². The monoisotopic (exact) mass is 357 g/mol. The number of benzene rings is 1. The van der Waals surface area contributed by atoms with E-state index >= 15 is 0 Å². The van der Waals surface area contributed by atoms with Gasteiger partial charge in [0.05, 0.1) is 5.92 Å². The Morgan fingerprint density at radius 2 is 2.12 bits per heavy atom. The average Bonchev–Trinajstić information content (AvgIpc) is 3.30. The van der Waals surface area contributed by atoms with Gasteiger partial charge in [-0.25, -0.2) is 0 Å². The number of nitrogens with zero attached hydrogens (tertiary/aromatic N) is 2. The molecule has 1 aliphatic rings. The fourth-order valence-corrected chi connectivity index (χ4v) is 3.19. The van der Waals surface area contributed by atoms with Crippen molar-refractivity contribution in [3.8, 4) is 0 Å². The van der Waals surface area contributed by atoms with Gasteiger partial charge in [0.2, 0.25) is 11.8 Å². The Hall–Kier alpha value is -2.70. The first-order valence-electron chi connectivity index (χ1n) is 8.98. The average molecular weight is 357 g/mol. The van der Waals surface area contributed by atoms with Gasteiger partial charge in [-0.1, -0.05) is 30.1 Å². The van der Waals surface area contributed by atoms with Crippen molar-refractivity contribution in [1.29, 1.82) is 0 Å². The van der Waals surface area contributed by atoms with Crippen molar-refractivity contribution < 1.29 is 19.2 Å². The zero-order valence-corrected chi connectivity index (χ0v) is 14.8. The Morgan fingerprint density at radius 3 is 2.85 bits per heavy atom. The number of carboxylic acid groups (broad SMARTS) is 1. The molecule has 0 spiro atoms. The number of aryl methyl sites for hydroxylation is 1. The van der Waals surface area contributed by atoms with E-state index in [1.54, 1.807) is 31.2 Å². The predicted molar refractivity (Wildman–Crippen MR) is 95.0 cm³/mol. The summed E-state index contributed by atoms with van der Waals surface area (Å²) in [6.07, 6.45) is 5.23. The Kier molecular flexibility index (Phi) is 5.65. The minimum Gasteiger partial charge on any atom is -0.481 e. The van der Waals surface area contributed by atoms with Crippen LogP contribution in [0, 0.1) is 0 Å². The van der Waals surface area contributed by atoms with Gasteiger partial charge >= 0.3 is 5.97 Å². The van der Waals surface area contributed by atoms with Gasteiger partial charge in [0, 0.05) is 24.4 Å². The zero-order valence-electron chi connectivity index (χ0n) is 14.8. The van der Waals surface area contributed by atoms with Crippen LogP contribution in [0.1, 0.15) is 68.1 Å². The third-order valence-electron chi connectivity index (χ3n) is 4.81. The molecule has 138 valence electrons. The molecule has 26 heavy (non-hydrogen) atoms. The fourth-order valence-electron chi connectivity index (χ4n) is 3.19. The molecule has 0 saturated heterocycles. The summed E-state index contributed by atoms with van der Waals surface area (Å²) in [5.41, 5.74) is 1.23. The van der Waals surface area contributed by atoms with Crippen molar-refractivity contribution in [2.75, 3.05) is 5.32 Å². The molecular weight excluding hydrogens is 334 g/mol. The lowest BCUT2D eigenvalue weighted by molar-refractivity contribution is -0.138. The smallest absolute Gasteiger partial charge is 0.310 e. The number of hydrogen-bond donors (Lipinski definition) is 2. The maximum Gasteiger partial charge on any atom is 0.310 e. The second-order valence-corrected chi connectivity index (χ2v) is 6.76. The number of carbonyl (C=O) groups is 2. The Bertz CT molecular complexity index is 781. The summed E-state index contributed by atoms with van der Waals surface area (Å²) in [6.45, 7) is 1.61. The van der Waals surface area contributed by atoms with Crippen LogP contribution < -0.4 is 5.32 Å². The third kappa shape index (κ3) is 4.47. The normalized spacial score (nSPS) is 15.7. The highest BCUT2D eigenvalue weighted by molar-refractivity contribution is 5.91. The number of aliphatic carboxylic acids is 1. The van der Waals surface area contributed by atoms with E-state index < -0.39 is 11.9 Å². The first-order valence-corrected chi connectivity index (χ1v) is 8.98. The van der Waals surface area contributed by atoms with Crippen molar-refractivity contribution in [2.24, 2.45) is 0 Å². The van der Waals surface area contributed by atoms with Crippen LogP contribution in [-0.4, -0.2) is 27.1 Å². The summed E-state index contributed by atoms with van der Waals surface area (Å²) < 4.78 is 5.25. The van der Waals surface area contributed by atoms with E-state index in [2.05, 4.69) is 15.5 Å². The lowest BCUT2D eigenvalue weighted by Gasteiger charge is -2.09. The highest BCUT2D eigenvalue weighted by atomic mass is 16.5. The second-order valence-electron chi connectivity index (χ2n) is 6.76. The van der Waals surface area contributed by atoms with Gasteiger partial charge in [-0.05, 0) is 37.5 Å². The van der Waals surface area contributed by atoms with Crippen molar-refractivity contribution >= 4 is 17.6 Å². The largest absolute Gasteiger partial charge is 0.481 e. The summed E-state index contributed by atoms with van der Waals surface area (Å²) in [4.78, 5) is 27.6. The number of aromatic nitrogens is 2. The Labute approximate surface area is 151 Å². The van der Waals surface area contributed by atoms with Crippen LogP contribution in [0.15, 0.2) is 28.8 Å². The van der Waals surface area contributed by atoms with Gasteiger partial charge in [-0.3, -0.25) is 9.59 Å². The second kappa shape index (κ2) is 8.12. The van der Waals surface area contributed by atoms with Gasteiger partial charge in [0.25, 0.3) is 0 Å². The summed E-state index contributed by atoms with van der Waals surface area (Å²) in [6, 6.07) is 6.89. The summed E-state index contributed by atoms with van der Waals surface area (Å²) in [5, 5.41) is 15.9. The number of anilines is 1. The van der Waals surface area contributed by atoms with Crippen LogP contribution >= 0.6 is 0 Å². The van der Waals surface area contributed by atoms with Crippen molar-refractivity contribution in [3.63, 3.8) is 0 Å². The topological polar surface area (TPSA) is 105 Å². The molecular formula is C19H23N3O4. The highest BCUT2D eigenvalue weighted by Gasteiger charge is 2.22. The molecule has 2 aromatic rings. The van der Waals surface area contributed by atoms with Crippen molar-refractivity contribution in [2.45, 2.75) is 57.3 Å². The maximum absolute atomic E-state index is 12.1. The van der Waals surface area contributed by atoms with Crippen LogP contribution in [0.4, 0.5) is 5.69 Å². The first kappa shape index (κ1) is 18.1. The molecule has 7 nitrogen and oxygen atoms in total. The van der Waals surface area contributed by atoms with E-state index in [1.165, 1.54) is 12.8 Å². The van der Waals surface area contributed by atoms with E-state index in [-0.39, 0.29) is 12.3 Å². The molecule has 1 aromatic heterocycles. The minimum atomic E-state index is -0.900. The van der Waals surface area contributed by atoms with Crippen LogP contribution in [0.2, 0.25) is 0 Å². The number of hydrogen-bond acceptors (Lipinski definition) is 5. The molecule has 7 heteroatoms. The quantitative estimate of drug-likeness (QED) is 0.786. The fraction of sp³-hybridized carbons (Fsp3) is 0.474. The van der Waals surface area contributed by atoms with Crippen LogP contribution in [0.5, 0.6) is 0 Å². The number of carbonyl (C=O) groups excluding carboxylic acids is 1. The predicted octanol–water partition coefficient (Wildman–Crippen LogP) is 3.49. The molecule has 0 aliphatic heterocycles. The number of amides is 1. The number of carboxylic acids is 1. The summed E-state index contributed by atoms with van der Waals surface area (Å²) in [7, 11) is 0. The van der Waals surface area contributed by atoms with Crippen LogP contribution in [0.25, 0.3) is 0 Å². The van der Waals surface area contributed by atoms with Crippen molar-refractivity contribution in [3.05, 3.63) is 41.5 Å². The van der Waals surface area contributed by atoms with Crippen LogP contribution in [-0.2, 0) is 16.0 Å². The number of rotatable bonds is 7. The van der Waals surface area contributed by atoms with E-state index in [0.717, 1.165) is 18.7 Å². The molecule has 1 aliphatic carbocycles. The number of nitrogens with one attached hydrogen (secondary N) is 1. The third-order valence-corrected chi connectivity index (χ3v) is 4.81. The van der Waals surface area contributed by atoms with E-state index in [0.29, 0.717) is 29.5 Å². The standard InChI is InChI=1S/C19H23N3O4/c1-12(19(24)25)14-7-4-8-15(11-14)20-16(23)9-10-17-21-18(22-26-17)13-5-2-3-6-13/h4,7-8,11-13H,2-3,5-6,9-10H2,1H3,(H,20,23)(H,24,25).